The first-order chi connectivity index (χ1) is 24.6. The molecule has 1 heterocycles. The summed E-state index contributed by atoms with van der Waals surface area (Å²) in [6.45, 7) is -3.95. The van der Waals surface area contributed by atoms with Gasteiger partial charge in [-0.05, 0) is 72.8 Å². The number of esters is 3. The normalized spacial score (nSPS) is 10.4. The van der Waals surface area contributed by atoms with E-state index in [2.05, 4.69) is 30.9 Å². The Hall–Kier alpha value is -6.63. The van der Waals surface area contributed by atoms with Crippen molar-refractivity contribution in [1.29, 1.82) is 0 Å². The molecule has 1 aromatic heterocycles. The Bertz CT molecular complexity index is 1650. The van der Waals surface area contributed by atoms with Crippen molar-refractivity contribution in [2.75, 3.05) is 55.6 Å². The van der Waals surface area contributed by atoms with Gasteiger partial charge in [0.2, 0.25) is 17.8 Å². The van der Waals surface area contributed by atoms with E-state index in [9.17, 15) is 28.8 Å². The van der Waals surface area contributed by atoms with Crippen LogP contribution in [0.5, 0.6) is 0 Å². The lowest BCUT2D eigenvalue weighted by Crippen LogP contribution is -2.16. The van der Waals surface area contributed by atoms with Crippen molar-refractivity contribution in [3.05, 3.63) is 89.5 Å². The zero-order chi connectivity index (χ0) is 36.8. The molecule has 4 aromatic rings. The molecule has 0 saturated heterocycles. The quantitative estimate of drug-likeness (QED) is 0.0629. The number of aromatic nitrogens is 3. The Morgan fingerprint density at radius 3 is 0.882 bits per heavy atom. The number of aliphatic hydroxyl groups excluding tert-OH is 3. The van der Waals surface area contributed by atoms with Gasteiger partial charge >= 0.3 is 17.9 Å². The monoisotopic (exact) mass is 702 g/mol. The number of nitrogens with one attached hydrogen (secondary N) is 3. The van der Waals surface area contributed by atoms with Crippen molar-refractivity contribution >= 4 is 70.2 Å². The van der Waals surface area contributed by atoms with Gasteiger partial charge in [0.05, 0.1) is 16.7 Å². The van der Waals surface area contributed by atoms with Crippen LogP contribution in [0.15, 0.2) is 72.8 Å². The minimum Gasteiger partial charge on any atom is -0.454 e. The predicted octanol–water partition coefficient (Wildman–Crippen LogP) is 1.26. The number of ketones is 3. The first kappa shape index (κ1) is 37.2. The van der Waals surface area contributed by atoms with E-state index in [4.69, 9.17) is 29.5 Å². The van der Waals surface area contributed by atoms with Crippen LogP contribution in [0.25, 0.3) is 0 Å². The molecule has 0 atom stereocenters. The summed E-state index contributed by atoms with van der Waals surface area (Å²) < 4.78 is 14.6. The van der Waals surface area contributed by atoms with Gasteiger partial charge in [-0.1, -0.05) is 0 Å². The Morgan fingerprint density at radius 2 is 0.667 bits per heavy atom. The molecule has 0 radical (unpaired) electrons. The number of hydrogen-bond donors (Lipinski definition) is 6. The first-order valence-electron chi connectivity index (χ1n) is 14.8. The maximum absolute atomic E-state index is 12.2. The van der Waals surface area contributed by atoms with Crippen LogP contribution in [0.2, 0.25) is 0 Å². The summed E-state index contributed by atoms with van der Waals surface area (Å²) in [6, 6.07) is 17.8. The molecular weight excluding hydrogens is 672 g/mol. The van der Waals surface area contributed by atoms with E-state index in [-0.39, 0.29) is 34.5 Å². The highest BCUT2D eigenvalue weighted by Crippen LogP contribution is 2.22. The predicted molar refractivity (Wildman–Crippen MR) is 176 cm³/mol. The van der Waals surface area contributed by atoms with Crippen LogP contribution in [0.1, 0.15) is 31.1 Å². The standard InChI is InChI=1S/C33H30N6O12/c40-13-25(43)16-49-28(46)19-1-7-22(8-2-19)34-31-37-32(35-23-9-3-20(4-10-23)29(47)50-17-26(44)14-41)39-33(38-31)36-24-11-5-21(6-12-24)30(48)51-18-27(45)15-42/h1-12,40-42H,13-18H2,(H3,34,35,36,37,38,39). The van der Waals surface area contributed by atoms with E-state index in [1.807, 2.05) is 0 Å². The summed E-state index contributed by atoms with van der Waals surface area (Å²) in [5.41, 5.74) is 1.78. The van der Waals surface area contributed by atoms with E-state index in [0.29, 0.717) is 17.1 Å². The first-order valence-corrected chi connectivity index (χ1v) is 14.8. The van der Waals surface area contributed by atoms with Crippen LogP contribution >= 0.6 is 0 Å². The van der Waals surface area contributed by atoms with Gasteiger partial charge in [0.25, 0.3) is 0 Å². The van der Waals surface area contributed by atoms with Crippen molar-refractivity contribution in [3.8, 4) is 0 Å². The van der Waals surface area contributed by atoms with Crippen LogP contribution in [0, 0.1) is 0 Å². The van der Waals surface area contributed by atoms with Crippen LogP contribution in [-0.4, -0.2) is 105 Å². The molecule has 18 nitrogen and oxygen atoms in total. The fraction of sp³-hybridized carbons (Fsp3) is 0.182. The van der Waals surface area contributed by atoms with Crippen molar-refractivity contribution in [3.63, 3.8) is 0 Å². The second kappa shape index (κ2) is 18.2. The summed E-state index contributed by atoms with van der Waals surface area (Å²) >= 11 is 0. The smallest absolute Gasteiger partial charge is 0.338 e. The third-order valence-electron chi connectivity index (χ3n) is 6.39. The van der Waals surface area contributed by atoms with E-state index in [1.165, 1.54) is 72.8 Å². The van der Waals surface area contributed by atoms with Gasteiger partial charge in [-0.3, -0.25) is 14.4 Å². The highest BCUT2D eigenvalue weighted by molar-refractivity contribution is 5.93. The molecule has 0 aliphatic carbocycles. The molecule has 3 aromatic carbocycles. The van der Waals surface area contributed by atoms with Crippen LogP contribution in [-0.2, 0) is 28.6 Å². The summed E-state index contributed by atoms with van der Waals surface area (Å²) in [6.07, 6.45) is 0. The highest BCUT2D eigenvalue weighted by Gasteiger charge is 2.14. The fourth-order valence-corrected chi connectivity index (χ4v) is 3.82. The molecule has 6 N–H and O–H groups in total. The molecule has 0 aliphatic rings. The SMILES string of the molecule is O=C(CO)COC(=O)c1ccc(Nc2nc(Nc3ccc(C(=O)OCC(=O)CO)cc3)nc(Nc3ccc(C(=O)OCC(=O)CO)cc3)n2)cc1. The Morgan fingerprint density at radius 1 is 0.431 bits per heavy atom. The lowest BCUT2D eigenvalue weighted by molar-refractivity contribution is -0.125. The summed E-state index contributed by atoms with van der Waals surface area (Å²) in [5, 5.41) is 35.4. The van der Waals surface area contributed by atoms with Crippen molar-refractivity contribution in [2.24, 2.45) is 0 Å². The number of Topliss-reactive ketones (excluding diaryl/α,β-unsaturated/α-hetero) is 3. The van der Waals surface area contributed by atoms with Crippen molar-refractivity contribution < 1.29 is 58.3 Å². The van der Waals surface area contributed by atoms with Crippen molar-refractivity contribution in [1.82, 2.24) is 15.0 Å². The van der Waals surface area contributed by atoms with Gasteiger partial charge in [-0.15, -0.1) is 0 Å². The third-order valence-corrected chi connectivity index (χ3v) is 6.39. The lowest BCUT2D eigenvalue weighted by atomic mass is 10.2. The summed E-state index contributed by atoms with van der Waals surface area (Å²) in [4.78, 5) is 83.5. The van der Waals surface area contributed by atoms with Gasteiger partial charge in [-0.25, -0.2) is 14.4 Å². The molecule has 0 bridgehead atoms. The molecule has 0 saturated carbocycles. The van der Waals surface area contributed by atoms with Crippen LogP contribution in [0.4, 0.5) is 34.9 Å². The average Bonchev–Trinajstić information content (AvgIpc) is 3.15. The molecule has 18 heteroatoms. The lowest BCUT2D eigenvalue weighted by Gasteiger charge is -2.12. The second-order valence-electron chi connectivity index (χ2n) is 10.2. The number of anilines is 6. The second-order valence-corrected chi connectivity index (χ2v) is 10.2. The summed E-state index contributed by atoms with van der Waals surface area (Å²) in [5.74, 6) is -4.13. The number of nitrogens with zero attached hydrogens (tertiary/aromatic N) is 3. The Labute approximate surface area is 288 Å². The minimum absolute atomic E-state index is 0.0429. The van der Waals surface area contributed by atoms with Gasteiger partial charge in [-0.2, -0.15) is 15.0 Å². The number of rotatable bonds is 18. The maximum atomic E-state index is 12.2. The molecule has 0 spiro atoms. The average molecular weight is 703 g/mol. The Kier molecular flexibility index (Phi) is 13.3. The van der Waals surface area contributed by atoms with Gasteiger partial charge < -0.3 is 45.5 Å². The molecule has 0 unspecified atom stereocenters. The topological polar surface area (TPSA) is 266 Å². The molecule has 51 heavy (non-hydrogen) atoms. The van der Waals surface area contributed by atoms with Crippen molar-refractivity contribution in [2.45, 2.75) is 0 Å². The highest BCUT2D eigenvalue weighted by atomic mass is 16.5. The fourth-order valence-electron chi connectivity index (χ4n) is 3.82. The van der Waals surface area contributed by atoms with E-state index >= 15 is 0 Å². The minimum atomic E-state index is -0.766. The van der Waals surface area contributed by atoms with Crippen LogP contribution in [0.3, 0.4) is 0 Å². The number of ether oxygens (including phenoxy) is 3. The maximum Gasteiger partial charge on any atom is 0.338 e. The van der Waals surface area contributed by atoms with Gasteiger partial charge in [0.15, 0.2) is 37.2 Å². The molecule has 4 rings (SSSR count). The molecule has 0 fully saturated rings. The molecular formula is C33H30N6O12. The molecule has 0 aliphatic heterocycles. The largest absolute Gasteiger partial charge is 0.454 e. The number of benzene rings is 3. The number of hydrogen-bond acceptors (Lipinski definition) is 18. The molecule has 264 valence electrons. The Balaban J connectivity index is 1.53. The van der Waals surface area contributed by atoms with E-state index in [0.717, 1.165) is 0 Å². The number of carbonyl (C=O) groups excluding carboxylic acids is 6. The molecule has 0 amide bonds. The van der Waals surface area contributed by atoms with E-state index < -0.39 is 74.9 Å². The zero-order valence-electron chi connectivity index (χ0n) is 26.5. The number of carbonyl (C=O) groups is 6. The third kappa shape index (κ3) is 11.5. The van der Waals surface area contributed by atoms with E-state index in [1.54, 1.807) is 0 Å². The number of aliphatic hydroxyl groups is 3. The van der Waals surface area contributed by atoms with Gasteiger partial charge in [0, 0.05) is 17.1 Å². The van der Waals surface area contributed by atoms with Crippen LogP contribution < -0.4 is 16.0 Å². The zero-order valence-corrected chi connectivity index (χ0v) is 26.5. The summed E-state index contributed by atoms with van der Waals surface area (Å²) in [7, 11) is 0. The van der Waals surface area contributed by atoms with Gasteiger partial charge in [0.1, 0.15) is 19.8 Å².